The molecule has 0 spiro atoms. The van der Waals surface area contributed by atoms with Crippen LogP contribution < -0.4 is 10.1 Å². The minimum absolute atomic E-state index is 0.428. The van der Waals surface area contributed by atoms with E-state index in [2.05, 4.69) is 57.6 Å². The van der Waals surface area contributed by atoms with E-state index in [1.165, 1.54) is 11.1 Å². The third-order valence-electron chi connectivity index (χ3n) is 3.42. The van der Waals surface area contributed by atoms with Crippen LogP contribution >= 0.6 is 15.9 Å². The summed E-state index contributed by atoms with van der Waals surface area (Å²) in [6.07, 6.45) is 2.02. The van der Waals surface area contributed by atoms with Crippen LogP contribution in [0.5, 0.6) is 5.75 Å². The van der Waals surface area contributed by atoms with Gasteiger partial charge >= 0.3 is 0 Å². The lowest BCUT2D eigenvalue weighted by atomic mass is 9.99. The molecule has 0 saturated heterocycles. The summed E-state index contributed by atoms with van der Waals surface area (Å²) < 4.78 is 6.32. The summed E-state index contributed by atoms with van der Waals surface area (Å²) in [5.41, 5.74) is 2.66. The minimum Gasteiger partial charge on any atom is -0.497 e. The molecule has 1 unspecified atom stereocenters. The number of ether oxygens (including phenoxy) is 1. The molecule has 0 fully saturated rings. The van der Waals surface area contributed by atoms with Crippen molar-refractivity contribution in [2.75, 3.05) is 14.2 Å². The largest absolute Gasteiger partial charge is 0.497 e. The van der Waals surface area contributed by atoms with Gasteiger partial charge in [-0.25, -0.2) is 0 Å². The van der Waals surface area contributed by atoms with Crippen LogP contribution in [0.2, 0.25) is 0 Å². The fourth-order valence-corrected chi connectivity index (χ4v) is 2.72. The fraction of sp³-hybridized carbons (Fsp3) is 0.294. The van der Waals surface area contributed by atoms with Gasteiger partial charge in [-0.3, -0.25) is 0 Å². The molecule has 2 aromatic rings. The number of likely N-dealkylation sites (N-methyl/N-ethyl adjacent to an activating group) is 1. The van der Waals surface area contributed by atoms with Gasteiger partial charge in [-0.05, 0) is 55.3 Å². The van der Waals surface area contributed by atoms with Crippen LogP contribution in [0.25, 0.3) is 0 Å². The lowest BCUT2D eigenvalue weighted by Gasteiger charge is -2.17. The average Bonchev–Trinajstić information content (AvgIpc) is 2.47. The fourth-order valence-electron chi connectivity index (χ4n) is 2.27. The molecular formula is C17H20BrNO. The topological polar surface area (TPSA) is 21.3 Å². The molecule has 3 heteroatoms. The number of methoxy groups -OCH3 is 1. The highest BCUT2D eigenvalue weighted by Crippen LogP contribution is 2.16. The van der Waals surface area contributed by atoms with Gasteiger partial charge in [0.1, 0.15) is 5.75 Å². The second-order valence-corrected chi connectivity index (χ2v) is 5.79. The van der Waals surface area contributed by atoms with Gasteiger partial charge in [-0.1, -0.05) is 40.2 Å². The summed E-state index contributed by atoms with van der Waals surface area (Å²) in [4.78, 5) is 0. The quantitative estimate of drug-likeness (QED) is 0.867. The standard InChI is InChI=1S/C17H20BrNO/c1-19-16(12-14-4-3-5-15(18)10-14)11-13-6-8-17(20-2)9-7-13/h3-10,16,19H,11-12H2,1-2H3. The molecule has 0 radical (unpaired) electrons. The summed E-state index contributed by atoms with van der Waals surface area (Å²) in [5, 5.41) is 3.40. The first-order chi connectivity index (χ1) is 9.71. The smallest absolute Gasteiger partial charge is 0.118 e. The Hall–Kier alpha value is -1.32. The van der Waals surface area contributed by atoms with E-state index < -0.39 is 0 Å². The zero-order valence-electron chi connectivity index (χ0n) is 11.9. The number of benzene rings is 2. The average molecular weight is 334 g/mol. The number of hydrogen-bond donors (Lipinski definition) is 1. The van der Waals surface area contributed by atoms with Crippen molar-refractivity contribution in [3.05, 3.63) is 64.1 Å². The molecule has 0 aliphatic carbocycles. The first-order valence-electron chi connectivity index (χ1n) is 6.76. The second-order valence-electron chi connectivity index (χ2n) is 4.87. The summed E-state index contributed by atoms with van der Waals surface area (Å²) >= 11 is 3.52. The molecule has 0 bridgehead atoms. The monoisotopic (exact) mass is 333 g/mol. The Labute approximate surface area is 129 Å². The van der Waals surface area contributed by atoms with Gasteiger partial charge in [0.2, 0.25) is 0 Å². The first-order valence-corrected chi connectivity index (χ1v) is 7.55. The number of rotatable bonds is 6. The van der Waals surface area contributed by atoms with E-state index in [9.17, 15) is 0 Å². The van der Waals surface area contributed by atoms with Crippen LogP contribution in [0.3, 0.4) is 0 Å². The minimum atomic E-state index is 0.428. The van der Waals surface area contributed by atoms with Crippen molar-refractivity contribution in [2.24, 2.45) is 0 Å². The summed E-state index contributed by atoms with van der Waals surface area (Å²) in [6.45, 7) is 0. The second kappa shape index (κ2) is 7.46. The molecule has 0 aliphatic rings. The van der Waals surface area contributed by atoms with Crippen LogP contribution in [0.1, 0.15) is 11.1 Å². The lowest BCUT2D eigenvalue weighted by molar-refractivity contribution is 0.414. The molecule has 2 nitrogen and oxygen atoms in total. The number of hydrogen-bond acceptors (Lipinski definition) is 2. The van der Waals surface area contributed by atoms with Crippen molar-refractivity contribution < 1.29 is 4.74 Å². The SMILES string of the molecule is CNC(Cc1ccc(OC)cc1)Cc1cccc(Br)c1. The maximum Gasteiger partial charge on any atom is 0.118 e. The van der Waals surface area contributed by atoms with E-state index in [0.717, 1.165) is 23.1 Å². The molecule has 106 valence electrons. The maximum absolute atomic E-state index is 5.19. The Balaban J connectivity index is 2.01. The van der Waals surface area contributed by atoms with Crippen LogP contribution in [-0.4, -0.2) is 20.2 Å². The third kappa shape index (κ3) is 4.36. The number of nitrogens with one attached hydrogen (secondary N) is 1. The molecule has 0 amide bonds. The Kier molecular flexibility index (Phi) is 5.62. The molecule has 0 heterocycles. The van der Waals surface area contributed by atoms with Gasteiger partial charge in [0.05, 0.1) is 7.11 Å². The summed E-state index contributed by atoms with van der Waals surface area (Å²) in [7, 11) is 3.71. The zero-order chi connectivity index (χ0) is 14.4. The third-order valence-corrected chi connectivity index (χ3v) is 3.91. The highest BCUT2D eigenvalue weighted by molar-refractivity contribution is 9.10. The molecule has 1 N–H and O–H groups in total. The van der Waals surface area contributed by atoms with Crippen molar-refractivity contribution in [1.82, 2.24) is 5.32 Å². The van der Waals surface area contributed by atoms with Crippen LogP contribution in [0, 0.1) is 0 Å². The van der Waals surface area contributed by atoms with Gasteiger partial charge < -0.3 is 10.1 Å². The molecule has 1 atom stereocenters. The Morgan fingerprint density at radius 3 is 2.35 bits per heavy atom. The van der Waals surface area contributed by atoms with Crippen molar-refractivity contribution in [3.8, 4) is 5.75 Å². The van der Waals surface area contributed by atoms with Gasteiger partial charge in [0.25, 0.3) is 0 Å². The van der Waals surface area contributed by atoms with Gasteiger partial charge in [-0.15, -0.1) is 0 Å². The molecule has 0 aliphatic heterocycles. The lowest BCUT2D eigenvalue weighted by Crippen LogP contribution is -2.29. The Morgan fingerprint density at radius 2 is 1.75 bits per heavy atom. The molecule has 0 aromatic heterocycles. The van der Waals surface area contributed by atoms with E-state index in [0.29, 0.717) is 6.04 Å². The van der Waals surface area contributed by atoms with E-state index >= 15 is 0 Å². The van der Waals surface area contributed by atoms with E-state index in [1.54, 1.807) is 7.11 Å². The van der Waals surface area contributed by atoms with E-state index in [-0.39, 0.29) is 0 Å². The maximum atomic E-state index is 5.19. The van der Waals surface area contributed by atoms with E-state index in [1.807, 2.05) is 19.2 Å². The van der Waals surface area contributed by atoms with E-state index in [4.69, 9.17) is 4.74 Å². The van der Waals surface area contributed by atoms with Gasteiger partial charge in [-0.2, -0.15) is 0 Å². The molecular weight excluding hydrogens is 314 g/mol. The van der Waals surface area contributed by atoms with Crippen molar-refractivity contribution in [2.45, 2.75) is 18.9 Å². The van der Waals surface area contributed by atoms with Crippen LogP contribution in [0.4, 0.5) is 0 Å². The van der Waals surface area contributed by atoms with Crippen molar-refractivity contribution in [3.63, 3.8) is 0 Å². The molecule has 0 saturated carbocycles. The van der Waals surface area contributed by atoms with Crippen LogP contribution in [0.15, 0.2) is 53.0 Å². The number of halogens is 1. The zero-order valence-corrected chi connectivity index (χ0v) is 13.5. The van der Waals surface area contributed by atoms with Gasteiger partial charge in [0, 0.05) is 10.5 Å². The molecule has 20 heavy (non-hydrogen) atoms. The summed E-state index contributed by atoms with van der Waals surface area (Å²) in [5.74, 6) is 0.904. The normalized spacial score (nSPS) is 12.2. The highest BCUT2D eigenvalue weighted by atomic mass is 79.9. The molecule has 2 rings (SSSR count). The molecule has 2 aromatic carbocycles. The highest BCUT2D eigenvalue weighted by Gasteiger charge is 2.09. The summed E-state index contributed by atoms with van der Waals surface area (Å²) in [6, 6.07) is 17.2. The predicted molar refractivity (Wildman–Crippen MR) is 87.4 cm³/mol. The van der Waals surface area contributed by atoms with Crippen LogP contribution in [-0.2, 0) is 12.8 Å². The Bertz CT molecular complexity index is 539. The first kappa shape index (κ1) is 15.1. The Morgan fingerprint density at radius 1 is 1.05 bits per heavy atom. The van der Waals surface area contributed by atoms with Gasteiger partial charge in [0.15, 0.2) is 0 Å². The predicted octanol–water partition coefficient (Wildman–Crippen LogP) is 3.83. The van der Waals surface area contributed by atoms with Crippen molar-refractivity contribution in [1.29, 1.82) is 0 Å². The van der Waals surface area contributed by atoms with Crippen molar-refractivity contribution >= 4 is 15.9 Å².